The number of hydrogen-bond acceptors (Lipinski definition) is 3. The van der Waals surface area contributed by atoms with E-state index in [1.165, 1.54) is 19.3 Å². The van der Waals surface area contributed by atoms with E-state index in [1.54, 1.807) is 6.08 Å². The lowest BCUT2D eigenvalue weighted by atomic mass is 10.1. The van der Waals surface area contributed by atoms with Crippen LogP contribution in [0.5, 0.6) is 0 Å². The van der Waals surface area contributed by atoms with Crippen molar-refractivity contribution in [3.63, 3.8) is 0 Å². The van der Waals surface area contributed by atoms with Gasteiger partial charge in [0.15, 0.2) is 0 Å². The van der Waals surface area contributed by atoms with Crippen molar-refractivity contribution < 1.29 is 9.94 Å². The monoisotopic (exact) mass is 303 g/mol. The molecular formula is C19H29NO2. The zero-order chi connectivity index (χ0) is 16.0. The molecule has 0 aliphatic rings. The van der Waals surface area contributed by atoms with Gasteiger partial charge in [-0.25, -0.2) is 0 Å². The first-order chi connectivity index (χ1) is 10.8. The van der Waals surface area contributed by atoms with Gasteiger partial charge in [0, 0.05) is 0 Å². The van der Waals surface area contributed by atoms with E-state index in [-0.39, 0.29) is 6.10 Å². The Bertz CT molecular complexity index is 417. The van der Waals surface area contributed by atoms with E-state index in [0.717, 1.165) is 12.1 Å². The molecule has 0 saturated carbocycles. The molecule has 0 amide bonds. The van der Waals surface area contributed by atoms with E-state index >= 15 is 0 Å². The first-order valence-electron chi connectivity index (χ1n) is 8.18. The second-order valence-corrected chi connectivity index (χ2v) is 5.42. The zero-order valence-electron chi connectivity index (χ0n) is 13.6. The maximum atomic E-state index is 10.2. The molecule has 1 aromatic carbocycles. The Kier molecular flexibility index (Phi) is 10.1. The summed E-state index contributed by atoms with van der Waals surface area (Å²) < 4.78 is 0. The number of anilines is 1. The molecule has 22 heavy (non-hydrogen) atoms. The van der Waals surface area contributed by atoms with Crippen LogP contribution in [0.15, 0.2) is 55.1 Å². The first kappa shape index (κ1) is 18.5. The average Bonchev–Trinajstić information content (AvgIpc) is 2.54. The molecule has 3 heteroatoms. The Balaban J connectivity index is 2.43. The highest BCUT2D eigenvalue weighted by molar-refractivity contribution is 5.40. The Morgan fingerprint density at radius 3 is 2.64 bits per heavy atom. The number of unbranched alkanes of at least 4 members (excludes halogenated alkanes) is 3. The third-order valence-corrected chi connectivity index (χ3v) is 3.45. The Hall–Kier alpha value is -1.58. The smallest absolute Gasteiger partial charge is 0.115 e. The predicted octanol–water partition coefficient (Wildman–Crippen LogP) is 4.86. The molecule has 0 aliphatic heterocycles. The van der Waals surface area contributed by atoms with Crippen LogP contribution in [0.3, 0.4) is 0 Å². The van der Waals surface area contributed by atoms with Crippen LogP contribution in [0, 0.1) is 0 Å². The number of allylic oxidation sites excluding steroid dienone is 1. The molecule has 0 radical (unpaired) electrons. The van der Waals surface area contributed by atoms with E-state index in [2.05, 4.69) is 31.1 Å². The van der Waals surface area contributed by atoms with Crippen LogP contribution in [0.4, 0.5) is 5.69 Å². The van der Waals surface area contributed by atoms with Gasteiger partial charge in [-0.3, -0.25) is 10.3 Å². The predicted molar refractivity (Wildman–Crippen MR) is 93.7 cm³/mol. The zero-order valence-corrected chi connectivity index (χ0v) is 13.6. The van der Waals surface area contributed by atoms with Gasteiger partial charge >= 0.3 is 0 Å². The van der Waals surface area contributed by atoms with E-state index in [4.69, 9.17) is 4.84 Å². The third kappa shape index (κ3) is 8.01. The van der Waals surface area contributed by atoms with Crippen molar-refractivity contribution >= 4 is 5.69 Å². The molecule has 2 atom stereocenters. The molecule has 0 unspecified atom stereocenters. The largest absolute Gasteiger partial charge is 0.390 e. The number of benzene rings is 1. The summed E-state index contributed by atoms with van der Waals surface area (Å²) in [6.45, 7) is 5.88. The maximum absolute atomic E-state index is 10.2. The minimum absolute atomic E-state index is 0.291. The van der Waals surface area contributed by atoms with Crippen molar-refractivity contribution in [2.24, 2.45) is 0 Å². The minimum atomic E-state index is -0.561. The molecule has 1 rings (SSSR count). The molecular weight excluding hydrogens is 274 g/mol. The quantitative estimate of drug-likeness (QED) is 0.329. The van der Waals surface area contributed by atoms with Gasteiger partial charge < -0.3 is 5.11 Å². The summed E-state index contributed by atoms with van der Waals surface area (Å²) >= 11 is 0. The highest BCUT2D eigenvalue weighted by atomic mass is 16.7. The normalized spacial score (nSPS) is 13.9. The van der Waals surface area contributed by atoms with Crippen molar-refractivity contribution in [2.45, 2.75) is 57.7 Å². The van der Waals surface area contributed by atoms with E-state index in [0.29, 0.717) is 12.8 Å². The van der Waals surface area contributed by atoms with E-state index < -0.39 is 6.10 Å². The number of rotatable bonds is 12. The molecule has 1 aromatic rings. The summed E-state index contributed by atoms with van der Waals surface area (Å²) in [4.78, 5) is 5.67. The highest BCUT2D eigenvalue weighted by Crippen LogP contribution is 2.13. The Morgan fingerprint density at radius 1 is 1.18 bits per heavy atom. The fourth-order valence-corrected chi connectivity index (χ4v) is 2.12. The number of nitrogens with one attached hydrogen (secondary N) is 1. The van der Waals surface area contributed by atoms with Crippen LogP contribution >= 0.6 is 0 Å². The van der Waals surface area contributed by atoms with E-state index in [1.807, 2.05) is 30.3 Å². The molecule has 0 saturated heterocycles. The lowest BCUT2D eigenvalue weighted by molar-refractivity contribution is -0.00886. The van der Waals surface area contributed by atoms with Crippen molar-refractivity contribution in [3.8, 4) is 0 Å². The topological polar surface area (TPSA) is 41.5 Å². The van der Waals surface area contributed by atoms with Crippen molar-refractivity contribution in [1.29, 1.82) is 0 Å². The third-order valence-electron chi connectivity index (χ3n) is 3.45. The Morgan fingerprint density at radius 2 is 1.95 bits per heavy atom. The fourth-order valence-electron chi connectivity index (χ4n) is 2.12. The second-order valence-electron chi connectivity index (χ2n) is 5.42. The van der Waals surface area contributed by atoms with Crippen LogP contribution in [0.1, 0.15) is 45.4 Å². The van der Waals surface area contributed by atoms with Crippen LogP contribution in [0.25, 0.3) is 0 Å². The number of hydrogen-bond donors (Lipinski definition) is 2. The van der Waals surface area contributed by atoms with Crippen molar-refractivity contribution in [2.75, 3.05) is 5.48 Å². The fraction of sp³-hybridized carbons (Fsp3) is 0.474. The van der Waals surface area contributed by atoms with Gasteiger partial charge in [-0.1, -0.05) is 56.2 Å². The van der Waals surface area contributed by atoms with Crippen molar-refractivity contribution in [1.82, 2.24) is 0 Å². The van der Waals surface area contributed by atoms with Gasteiger partial charge in [-0.2, -0.15) is 0 Å². The van der Waals surface area contributed by atoms with Gasteiger partial charge in [0.1, 0.15) is 6.10 Å². The molecule has 0 aliphatic carbocycles. The lowest BCUT2D eigenvalue weighted by Gasteiger charge is -2.21. The van der Waals surface area contributed by atoms with Gasteiger partial charge in [0.25, 0.3) is 0 Å². The van der Waals surface area contributed by atoms with Crippen LogP contribution in [0.2, 0.25) is 0 Å². The average molecular weight is 303 g/mol. The molecule has 122 valence electrons. The van der Waals surface area contributed by atoms with Gasteiger partial charge in [-0.15, -0.1) is 6.58 Å². The van der Waals surface area contributed by atoms with Gasteiger partial charge in [0.05, 0.1) is 11.8 Å². The van der Waals surface area contributed by atoms with Crippen LogP contribution in [-0.4, -0.2) is 17.3 Å². The SMILES string of the molecule is C=CC[C@H](O)[C@@H](C/C=C/CCCCC)ONc1ccccc1. The van der Waals surface area contributed by atoms with E-state index in [9.17, 15) is 5.11 Å². The summed E-state index contributed by atoms with van der Waals surface area (Å²) in [5.41, 5.74) is 3.80. The van der Waals surface area contributed by atoms with Gasteiger partial charge in [0.2, 0.25) is 0 Å². The molecule has 0 aromatic heterocycles. The van der Waals surface area contributed by atoms with Crippen LogP contribution < -0.4 is 5.48 Å². The minimum Gasteiger partial charge on any atom is -0.390 e. The lowest BCUT2D eigenvalue weighted by Crippen LogP contribution is -2.30. The van der Waals surface area contributed by atoms with Crippen molar-refractivity contribution in [3.05, 3.63) is 55.1 Å². The number of para-hydroxylation sites is 1. The molecule has 3 nitrogen and oxygen atoms in total. The summed E-state index contributed by atoms with van der Waals surface area (Å²) in [7, 11) is 0. The number of aliphatic hydroxyl groups is 1. The standard InChI is InChI=1S/C19H29NO2/c1-3-5-6-7-8-12-16-19(18(21)13-4-2)22-20-17-14-10-9-11-15-17/h4,8-12,14-15,18-21H,2-3,5-7,13,16H2,1H3/b12-8+/t18-,19+/m0/s1. The molecule has 0 fully saturated rings. The molecule has 0 bridgehead atoms. The summed E-state index contributed by atoms with van der Waals surface area (Å²) in [6.07, 6.45) is 11.1. The first-order valence-corrected chi connectivity index (χ1v) is 8.18. The summed E-state index contributed by atoms with van der Waals surface area (Å²) in [5.74, 6) is 0. The molecule has 0 heterocycles. The summed E-state index contributed by atoms with van der Waals surface area (Å²) in [5, 5.41) is 10.2. The van der Waals surface area contributed by atoms with Crippen LogP contribution in [-0.2, 0) is 4.84 Å². The summed E-state index contributed by atoms with van der Waals surface area (Å²) in [6, 6.07) is 9.69. The second kappa shape index (κ2) is 12.0. The Labute approximate surface area is 134 Å². The van der Waals surface area contributed by atoms with Gasteiger partial charge in [-0.05, 0) is 37.8 Å². The maximum Gasteiger partial charge on any atom is 0.115 e. The molecule has 0 spiro atoms. The highest BCUT2D eigenvalue weighted by Gasteiger charge is 2.18. The number of aliphatic hydroxyl groups excluding tert-OH is 1. The molecule has 2 N–H and O–H groups in total.